The number of allylic oxidation sites excluding steroid dienone is 2. The summed E-state index contributed by atoms with van der Waals surface area (Å²) >= 11 is -2.23. The molecule has 1 atom stereocenters. The molecule has 0 aliphatic carbocycles. The van der Waals surface area contributed by atoms with Crippen molar-refractivity contribution in [1.29, 1.82) is 0 Å². The molecule has 0 aromatic heterocycles. The molecule has 0 radical (unpaired) electrons. The molecule has 21 heavy (non-hydrogen) atoms. The van der Waals surface area contributed by atoms with Crippen LogP contribution in [0.15, 0.2) is 9.67 Å². The third-order valence-corrected chi connectivity index (χ3v) is 22.0. The standard InChI is InChI=1S/C7H13O.3C4H9.Sn/c1-3-4-7(2)5-6-8;3*1-3-4-2;/h3,7-8H,5-6H2,1-2H3;3*1,3-4H2,2H3;. The molecular weight excluding hydrogens is 363 g/mol. The number of hydrogen-bond acceptors (Lipinski definition) is 1. The zero-order valence-corrected chi connectivity index (χ0v) is 18.2. The molecule has 0 aliphatic rings. The minimum atomic E-state index is -2.23. The summed E-state index contributed by atoms with van der Waals surface area (Å²) in [6.45, 7) is 12.0. The van der Waals surface area contributed by atoms with E-state index < -0.39 is 18.4 Å². The van der Waals surface area contributed by atoms with E-state index in [0.717, 1.165) is 6.42 Å². The van der Waals surface area contributed by atoms with Gasteiger partial charge in [0.15, 0.2) is 0 Å². The summed E-state index contributed by atoms with van der Waals surface area (Å²) in [5, 5.41) is 9.37. The van der Waals surface area contributed by atoms with Crippen LogP contribution in [0.5, 0.6) is 0 Å². The summed E-state index contributed by atoms with van der Waals surface area (Å²) in [5.74, 6) is 0.612. The van der Waals surface area contributed by atoms with Crippen molar-refractivity contribution in [3.8, 4) is 0 Å². The Hall–Kier alpha value is 0.499. The summed E-state index contributed by atoms with van der Waals surface area (Å²) in [4.78, 5) is 0. The molecular formula is C19H40OSn. The molecule has 0 rings (SSSR count). The number of rotatable bonds is 13. The van der Waals surface area contributed by atoms with E-state index in [2.05, 4.69) is 40.7 Å². The van der Waals surface area contributed by atoms with Gasteiger partial charge in [-0.25, -0.2) is 0 Å². The minimum absolute atomic E-state index is 0.343. The molecule has 1 unspecified atom stereocenters. The first-order valence-electron chi connectivity index (χ1n) is 9.39. The SMILES string of the molecule is C/C=[C](/C(C)CCO)[Sn]([CH2]CCC)([CH2]CCC)[CH2]CCC. The van der Waals surface area contributed by atoms with Crippen molar-refractivity contribution in [1.82, 2.24) is 0 Å². The van der Waals surface area contributed by atoms with Crippen molar-refractivity contribution in [3.63, 3.8) is 0 Å². The number of aliphatic hydroxyl groups is 1. The molecule has 0 bridgehead atoms. The fourth-order valence-electron chi connectivity index (χ4n) is 3.82. The molecule has 0 amide bonds. The van der Waals surface area contributed by atoms with Crippen molar-refractivity contribution in [2.75, 3.05) is 6.61 Å². The Labute approximate surface area is 138 Å². The molecule has 1 nitrogen and oxygen atoms in total. The Morgan fingerprint density at radius 1 is 0.952 bits per heavy atom. The Bertz CT molecular complexity index is 251. The molecule has 1 N–H and O–H groups in total. The van der Waals surface area contributed by atoms with E-state index in [4.69, 9.17) is 0 Å². The van der Waals surface area contributed by atoms with Gasteiger partial charge < -0.3 is 0 Å². The summed E-state index contributed by atoms with van der Waals surface area (Å²) in [6, 6.07) is 0. The van der Waals surface area contributed by atoms with Crippen molar-refractivity contribution in [2.24, 2.45) is 5.92 Å². The summed E-state index contributed by atoms with van der Waals surface area (Å²) in [7, 11) is 0. The third kappa shape index (κ3) is 7.54. The molecule has 0 saturated heterocycles. The first-order valence-corrected chi connectivity index (χ1v) is 16.9. The van der Waals surface area contributed by atoms with E-state index in [-0.39, 0.29) is 0 Å². The van der Waals surface area contributed by atoms with E-state index in [9.17, 15) is 5.11 Å². The van der Waals surface area contributed by atoms with Crippen molar-refractivity contribution >= 4 is 18.4 Å². The number of aliphatic hydroxyl groups excluding tert-OH is 1. The van der Waals surface area contributed by atoms with Gasteiger partial charge in [-0.15, -0.1) is 0 Å². The molecule has 0 aromatic carbocycles. The molecule has 0 aliphatic heterocycles. The Balaban J connectivity index is 5.32. The summed E-state index contributed by atoms with van der Waals surface area (Å²) in [5.41, 5.74) is 0. The van der Waals surface area contributed by atoms with E-state index >= 15 is 0 Å². The van der Waals surface area contributed by atoms with Crippen molar-refractivity contribution in [3.05, 3.63) is 9.67 Å². The molecule has 126 valence electrons. The Morgan fingerprint density at radius 3 is 1.67 bits per heavy atom. The van der Waals surface area contributed by atoms with Crippen LogP contribution in [0, 0.1) is 5.92 Å². The van der Waals surface area contributed by atoms with Gasteiger partial charge in [-0.1, -0.05) is 0 Å². The second-order valence-corrected chi connectivity index (χ2v) is 20.0. The third-order valence-electron chi connectivity index (χ3n) is 5.04. The van der Waals surface area contributed by atoms with Crippen LogP contribution in [0.25, 0.3) is 0 Å². The van der Waals surface area contributed by atoms with E-state index in [0.29, 0.717) is 12.5 Å². The average molecular weight is 403 g/mol. The maximum absolute atomic E-state index is 9.37. The molecule has 0 spiro atoms. The van der Waals surface area contributed by atoms with Crippen LogP contribution >= 0.6 is 0 Å². The predicted molar refractivity (Wildman–Crippen MR) is 99.5 cm³/mol. The molecule has 0 fully saturated rings. The molecule has 0 heterocycles. The topological polar surface area (TPSA) is 20.2 Å². The molecule has 0 aromatic rings. The van der Waals surface area contributed by atoms with E-state index in [1.54, 1.807) is 13.3 Å². The Kier molecular flexibility index (Phi) is 13.3. The fraction of sp³-hybridized carbons (Fsp3) is 0.895. The first kappa shape index (κ1) is 21.5. The normalized spacial score (nSPS) is 14.5. The van der Waals surface area contributed by atoms with Crippen LogP contribution in [-0.4, -0.2) is 30.1 Å². The monoisotopic (exact) mass is 404 g/mol. The average Bonchev–Trinajstić information content (AvgIpc) is 2.49. The fourth-order valence-corrected chi connectivity index (χ4v) is 22.4. The van der Waals surface area contributed by atoms with Crippen LogP contribution in [-0.2, 0) is 0 Å². The quantitative estimate of drug-likeness (QED) is 0.356. The van der Waals surface area contributed by atoms with Gasteiger partial charge in [0.1, 0.15) is 0 Å². The van der Waals surface area contributed by atoms with Gasteiger partial charge in [-0.2, -0.15) is 0 Å². The Morgan fingerprint density at radius 2 is 1.38 bits per heavy atom. The number of unbranched alkanes of at least 4 members (excludes halogenated alkanes) is 3. The van der Waals surface area contributed by atoms with Gasteiger partial charge >= 0.3 is 139 Å². The van der Waals surface area contributed by atoms with Crippen LogP contribution in [0.1, 0.15) is 79.6 Å². The summed E-state index contributed by atoms with van der Waals surface area (Å²) in [6.07, 6.45) is 11.7. The zero-order chi connectivity index (χ0) is 16.1. The molecule has 2 heteroatoms. The van der Waals surface area contributed by atoms with Crippen LogP contribution in [0.4, 0.5) is 0 Å². The van der Waals surface area contributed by atoms with Gasteiger partial charge in [0.25, 0.3) is 0 Å². The van der Waals surface area contributed by atoms with Crippen LogP contribution < -0.4 is 0 Å². The maximum atomic E-state index is 9.37. The molecule has 0 saturated carbocycles. The van der Waals surface area contributed by atoms with E-state index in [1.165, 1.54) is 38.5 Å². The van der Waals surface area contributed by atoms with Gasteiger partial charge in [0.05, 0.1) is 0 Å². The van der Waals surface area contributed by atoms with Gasteiger partial charge in [-0.3, -0.25) is 0 Å². The van der Waals surface area contributed by atoms with Crippen molar-refractivity contribution < 1.29 is 5.11 Å². The first-order chi connectivity index (χ1) is 10.1. The predicted octanol–water partition coefficient (Wildman–Crippen LogP) is 6.34. The number of hydrogen-bond donors (Lipinski definition) is 1. The second-order valence-electron chi connectivity index (χ2n) is 6.75. The zero-order valence-electron chi connectivity index (χ0n) is 15.4. The van der Waals surface area contributed by atoms with Crippen molar-refractivity contribution in [2.45, 2.75) is 92.9 Å². The second kappa shape index (κ2) is 13.0. The van der Waals surface area contributed by atoms with Gasteiger partial charge in [0.2, 0.25) is 0 Å². The van der Waals surface area contributed by atoms with Gasteiger partial charge in [-0.05, 0) is 0 Å². The van der Waals surface area contributed by atoms with E-state index in [1.807, 2.05) is 3.59 Å². The summed E-state index contributed by atoms with van der Waals surface area (Å²) < 4.78 is 6.47. The van der Waals surface area contributed by atoms with Crippen LogP contribution in [0.3, 0.4) is 0 Å². The van der Waals surface area contributed by atoms with Gasteiger partial charge in [0, 0.05) is 0 Å². The van der Waals surface area contributed by atoms with Crippen LogP contribution in [0.2, 0.25) is 13.3 Å².